The van der Waals surface area contributed by atoms with E-state index in [1.165, 1.54) is 4.90 Å². The van der Waals surface area contributed by atoms with E-state index in [0.717, 1.165) is 22.9 Å². The molecule has 1 N–H and O–H groups in total. The SMILES string of the molecule is CN(CC(=O)NC1CC1)C(=O)c1ccccc1OCc1ccccc1Br. The van der Waals surface area contributed by atoms with Crippen molar-refractivity contribution in [3.05, 3.63) is 64.1 Å². The largest absolute Gasteiger partial charge is 0.488 e. The number of hydrogen-bond donors (Lipinski definition) is 1. The standard InChI is InChI=1S/C20H21BrN2O3/c1-23(12-19(24)22-15-10-11-15)20(25)16-7-3-5-9-18(16)26-13-14-6-2-4-8-17(14)21/h2-9,15H,10-13H2,1H3,(H,22,24). The Balaban J connectivity index is 1.66. The lowest BCUT2D eigenvalue weighted by molar-refractivity contribution is -0.121. The molecule has 0 spiro atoms. The maximum absolute atomic E-state index is 12.7. The van der Waals surface area contributed by atoms with Gasteiger partial charge in [0, 0.05) is 23.1 Å². The summed E-state index contributed by atoms with van der Waals surface area (Å²) in [5.74, 6) is 0.136. The Kier molecular flexibility index (Phi) is 5.93. The summed E-state index contributed by atoms with van der Waals surface area (Å²) in [6.07, 6.45) is 2.05. The lowest BCUT2D eigenvalue weighted by atomic mass is 10.1. The molecule has 2 aromatic carbocycles. The molecule has 136 valence electrons. The maximum Gasteiger partial charge on any atom is 0.257 e. The molecule has 0 bridgehead atoms. The molecule has 0 saturated heterocycles. The molecule has 5 nitrogen and oxygen atoms in total. The van der Waals surface area contributed by atoms with Crippen molar-refractivity contribution < 1.29 is 14.3 Å². The van der Waals surface area contributed by atoms with Gasteiger partial charge in [-0.25, -0.2) is 0 Å². The van der Waals surface area contributed by atoms with E-state index < -0.39 is 0 Å². The highest BCUT2D eigenvalue weighted by Gasteiger charge is 2.25. The molecule has 26 heavy (non-hydrogen) atoms. The van der Waals surface area contributed by atoms with E-state index in [1.54, 1.807) is 25.2 Å². The fourth-order valence-electron chi connectivity index (χ4n) is 2.53. The predicted octanol–water partition coefficient (Wildman–Crippen LogP) is 3.38. The van der Waals surface area contributed by atoms with Gasteiger partial charge in [0.1, 0.15) is 12.4 Å². The van der Waals surface area contributed by atoms with Crippen molar-refractivity contribution in [3.63, 3.8) is 0 Å². The van der Waals surface area contributed by atoms with Crippen LogP contribution >= 0.6 is 15.9 Å². The minimum atomic E-state index is -0.237. The number of carbonyl (C=O) groups excluding carboxylic acids is 2. The Hall–Kier alpha value is -2.34. The van der Waals surface area contributed by atoms with Gasteiger partial charge in [0.05, 0.1) is 12.1 Å². The molecule has 0 atom stereocenters. The zero-order chi connectivity index (χ0) is 18.5. The van der Waals surface area contributed by atoms with Gasteiger partial charge in [-0.2, -0.15) is 0 Å². The van der Waals surface area contributed by atoms with E-state index >= 15 is 0 Å². The molecule has 0 heterocycles. The second kappa shape index (κ2) is 8.36. The second-order valence-corrected chi connectivity index (χ2v) is 7.23. The zero-order valence-corrected chi connectivity index (χ0v) is 16.2. The number of halogens is 1. The van der Waals surface area contributed by atoms with E-state index in [-0.39, 0.29) is 24.4 Å². The van der Waals surface area contributed by atoms with Gasteiger partial charge in [-0.05, 0) is 31.0 Å². The van der Waals surface area contributed by atoms with Crippen LogP contribution in [0.15, 0.2) is 53.0 Å². The molecule has 0 aromatic heterocycles. The molecule has 3 rings (SSSR count). The van der Waals surface area contributed by atoms with E-state index in [4.69, 9.17) is 4.74 Å². The van der Waals surface area contributed by atoms with Crippen LogP contribution < -0.4 is 10.1 Å². The highest BCUT2D eigenvalue weighted by Crippen LogP contribution is 2.23. The van der Waals surface area contributed by atoms with E-state index in [1.807, 2.05) is 30.3 Å². The summed E-state index contributed by atoms with van der Waals surface area (Å²) < 4.78 is 6.83. The zero-order valence-electron chi connectivity index (χ0n) is 14.6. The molecule has 1 fully saturated rings. The first kappa shape index (κ1) is 18.5. The summed E-state index contributed by atoms with van der Waals surface area (Å²) in [6.45, 7) is 0.380. The third-order valence-electron chi connectivity index (χ3n) is 4.13. The smallest absolute Gasteiger partial charge is 0.257 e. The minimum Gasteiger partial charge on any atom is -0.488 e. The number of likely N-dealkylation sites (N-methyl/N-ethyl adjacent to an activating group) is 1. The highest BCUT2D eigenvalue weighted by molar-refractivity contribution is 9.10. The van der Waals surface area contributed by atoms with Crippen LogP contribution in [-0.2, 0) is 11.4 Å². The van der Waals surface area contributed by atoms with Crippen LogP contribution in [0.4, 0.5) is 0 Å². The van der Waals surface area contributed by atoms with Crippen molar-refractivity contribution in [3.8, 4) is 5.75 Å². The Bertz CT molecular complexity index is 805. The highest BCUT2D eigenvalue weighted by atomic mass is 79.9. The summed E-state index contributed by atoms with van der Waals surface area (Å²) >= 11 is 3.49. The first-order valence-electron chi connectivity index (χ1n) is 8.54. The van der Waals surface area contributed by atoms with Crippen LogP contribution in [0.5, 0.6) is 5.75 Å². The molecule has 1 saturated carbocycles. The van der Waals surface area contributed by atoms with Crippen LogP contribution in [0.3, 0.4) is 0 Å². The molecule has 0 radical (unpaired) electrons. The van der Waals surface area contributed by atoms with Gasteiger partial charge in [-0.1, -0.05) is 46.3 Å². The van der Waals surface area contributed by atoms with Gasteiger partial charge in [-0.3, -0.25) is 9.59 Å². The third kappa shape index (κ3) is 4.85. The first-order chi connectivity index (χ1) is 12.5. The fraction of sp³-hybridized carbons (Fsp3) is 0.300. The van der Waals surface area contributed by atoms with E-state index in [2.05, 4.69) is 21.2 Å². The number of para-hydroxylation sites is 1. The Morgan fingerprint density at radius 2 is 1.85 bits per heavy atom. The maximum atomic E-state index is 12.7. The van der Waals surface area contributed by atoms with Crippen molar-refractivity contribution in [2.45, 2.75) is 25.5 Å². The summed E-state index contributed by atoms with van der Waals surface area (Å²) in [6, 6.07) is 15.2. The summed E-state index contributed by atoms with van der Waals surface area (Å²) in [7, 11) is 1.62. The summed E-state index contributed by atoms with van der Waals surface area (Å²) in [5, 5.41) is 2.89. The number of nitrogens with zero attached hydrogens (tertiary/aromatic N) is 1. The molecular weight excluding hydrogens is 396 g/mol. The molecule has 1 aliphatic rings. The molecule has 1 aliphatic carbocycles. The molecule has 0 aliphatic heterocycles. The number of nitrogens with one attached hydrogen (secondary N) is 1. The molecular formula is C20H21BrN2O3. The van der Waals surface area contributed by atoms with Gasteiger partial charge in [-0.15, -0.1) is 0 Å². The number of hydrogen-bond acceptors (Lipinski definition) is 3. The number of amides is 2. The van der Waals surface area contributed by atoms with Gasteiger partial charge >= 0.3 is 0 Å². The van der Waals surface area contributed by atoms with Crippen LogP contribution in [0, 0.1) is 0 Å². The lowest BCUT2D eigenvalue weighted by Crippen LogP contribution is -2.39. The predicted molar refractivity (Wildman–Crippen MR) is 103 cm³/mol. The number of ether oxygens (including phenoxy) is 1. The fourth-order valence-corrected chi connectivity index (χ4v) is 2.93. The van der Waals surface area contributed by atoms with Crippen molar-refractivity contribution in [2.75, 3.05) is 13.6 Å². The Morgan fingerprint density at radius 3 is 2.58 bits per heavy atom. The average molecular weight is 417 g/mol. The summed E-state index contributed by atoms with van der Waals surface area (Å²) in [5.41, 5.74) is 1.44. The van der Waals surface area contributed by atoms with Crippen LogP contribution in [0.25, 0.3) is 0 Å². The monoisotopic (exact) mass is 416 g/mol. The second-order valence-electron chi connectivity index (χ2n) is 6.38. The van der Waals surface area contributed by atoms with Crippen molar-refractivity contribution in [1.29, 1.82) is 0 Å². The molecule has 6 heteroatoms. The number of benzene rings is 2. The normalized spacial score (nSPS) is 13.2. The van der Waals surface area contributed by atoms with Gasteiger partial charge < -0.3 is 15.0 Å². The van der Waals surface area contributed by atoms with E-state index in [0.29, 0.717) is 17.9 Å². The van der Waals surface area contributed by atoms with Crippen LogP contribution in [-0.4, -0.2) is 36.3 Å². The van der Waals surface area contributed by atoms with Crippen LogP contribution in [0.2, 0.25) is 0 Å². The van der Waals surface area contributed by atoms with E-state index in [9.17, 15) is 9.59 Å². The third-order valence-corrected chi connectivity index (χ3v) is 4.90. The van der Waals surface area contributed by atoms with Crippen molar-refractivity contribution in [1.82, 2.24) is 10.2 Å². The molecule has 2 amide bonds. The Labute approximate surface area is 161 Å². The quantitative estimate of drug-likeness (QED) is 0.752. The number of carbonyl (C=O) groups is 2. The minimum absolute atomic E-state index is 0.0356. The van der Waals surface area contributed by atoms with Gasteiger partial charge in [0.2, 0.25) is 5.91 Å². The first-order valence-corrected chi connectivity index (χ1v) is 9.34. The molecule has 0 unspecified atom stereocenters. The number of rotatable bonds is 7. The Morgan fingerprint density at radius 1 is 1.15 bits per heavy atom. The van der Waals surface area contributed by atoms with Crippen molar-refractivity contribution >= 4 is 27.7 Å². The molecule has 2 aromatic rings. The van der Waals surface area contributed by atoms with Gasteiger partial charge in [0.25, 0.3) is 5.91 Å². The van der Waals surface area contributed by atoms with Gasteiger partial charge in [0.15, 0.2) is 0 Å². The lowest BCUT2D eigenvalue weighted by Gasteiger charge is -2.19. The topological polar surface area (TPSA) is 58.6 Å². The van der Waals surface area contributed by atoms with Crippen molar-refractivity contribution in [2.24, 2.45) is 0 Å². The average Bonchev–Trinajstić information content (AvgIpc) is 3.44. The van der Waals surface area contributed by atoms with Crippen LogP contribution in [0.1, 0.15) is 28.8 Å². The summed E-state index contributed by atoms with van der Waals surface area (Å²) in [4.78, 5) is 26.1.